The number of urea groups is 2. The minimum atomic E-state index is -0.770. The normalized spacial score (nSPS) is 18.3. The van der Waals surface area contributed by atoms with Crippen molar-refractivity contribution in [2.45, 2.75) is 84.3 Å². The van der Waals surface area contributed by atoms with Crippen molar-refractivity contribution in [3.05, 3.63) is 94.5 Å². The van der Waals surface area contributed by atoms with Crippen LogP contribution in [0.3, 0.4) is 0 Å². The molecule has 3 heterocycles. The number of likely N-dealkylation sites (tertiary alicyclic amines) is 1. The van der Waals surface area contributed by atoms with Crippen LogP contribution in [-0.4, -0.2) is 69.5 Å². The number of anilines is 2. The Balaban J connectivity index is 1.16. The molecule has 1 saturated heterocycles. The van der Waals surface area contributed by atoms with Gasteiger partial charge >= 0.3 is 18.2 Å². The van der Waals surface area contributed by atoms with Crippen LogP contribution in [0.5, 0.6) is 0 Å². The number of para-hydroxylation sites is 1. The number of amides is 6. The summed E-state index contributed by atoms with van der Waals surface area (Å²) in [7, 11) is 0. The van der Waals surface area contributed by atoms with Crippen molar-refractivity contribution in [2.24, 2.45) is 0 Å². The van der Waals surface area contributed by atoms with Gasteiger partial charge in [-0.25, -0.2) is 14.4 Å². The zero-order valence-corrected chi connectivity index (χ0v) is 28.0. The molecule has 1 atom stereocenters. The lowest BCUT2D eigenvalue weighted by Gasteiger charge is -2.40. The summed E-state index contributed by atoms with van der Waals surface area (Å²) in [4.78, 5) is 58.6. The van der Waals surface area contributed by atoms with Gasteiger partial charge in [0, 0.05) is 56.6 Å². The van der Waals surface area contributed by atoms with E-state index in [4.69, 9.17) is 4.74 Å². The number of carbonyl (C=O) groups excluding carboxylic acids is 4. The molecule has 0 aliphatic carbocycles. The quantitative estimate of drug-likeness (QED) is 0.311. The maximum Gasteiger partial charge on any atom is 0.412 e. The molecule has 1 unspecified atom stereocenters. The van der Waals surface area contributed by atoms with Crippen LogP contribution in [0.25, 0.3) is 0 Å². The molecule has 0 bridgehead atoms. The van der Waals surface area contributed by atoms with E-state index < -0.39 is 17.7 Å². The fourth-order valence-corrected chi connectivity index (χ4v) is 6.70. The molecule has 3 aliphatic heterocycles. The Kier molecular flexibility index (Phi) is 9.30. The lowest BCUT2D eigenvalue weighted by molar-refractivity contribution is -0.134. The molecule has 1 fully saturated rings. The van der Waals surface area contributed by atoms with Gasteiger partial charge in [-0.15, -0.1) is 0 Å². The molecule has 6 rings (SSSR count). The molecule has 6 amide bonds. The average Bonchev–Trinajstić information content (AvgIpc) is 3.16. The van der Waals surface area contributed by atoms with E-state index in [1.807, 2.05) is 99.3 Å². The van der Waals surface area contributed by atoms with Crippen molar-refractivity contribution in [1.82, 2.24) is 20.0 Å². The molecule has 11 heteroatoms. The van der Waals surface area contributed by atoms with E-state index in [2.05, 4.69) is 16.0 Å². The molecule has 48 heavy (non-hydrogen) atoms. The van der Waals surface area contributed by atoms with Crippen LogP contribution in [0.15, 0.2) is 66.7 Å². The predicted molar refractivity (Wildman–Crippen MR) is 183 cm³/mol. The number of nitrogens with zero attached hydrogens (tertiary/aromatic N) is 3. The topological polar surface area (TPSA) is 123 Å². The summed E-state index contributed by atoms with van der Waals surface area (Å²) in [6.07, 6.45) is 1.08. The Morgan fingerprint density at radius 3 is 2.35 bits per heavy atom. The number of fused-ring (bicyclic) bond motifs is 2. The summed E-state index contributed by atoms with van der Waals surface area (Å²) in [5.74, 6) is -0.166. The van der Waals surface area contributed by atoms with Gasteiger partial charge in [0.1, 0.15) is 11.6 Å². The van der Waals surface area contributed by atoms with Crippen molar-refractivity contribution >= 4 is 35.4 Å². The SMILES string of the molecule is Cc1cc2c(cc1NC(=O)OC(C)(C)C)CN(Cc1ccccc1)C(=O)C(NC(=O)N1CCC(N3Cc4ccccc4NC3=O)CC1)C2. The largest absolute Gasteiger partial charge is 0.444 e. The van der Waals surface area contributed by atoms with Gasteiger partial charge in [-0.3, -0.25) is 10.1 Å². The molecule has 3 aromatic rings. The van der Waals surface area contributed by atoms with Crippen molar-refractivity contribution in [1.29, 1.82) is 0 Å². The van der Waals surface area contributed by atoms with E-state index >= 15 is 0 Å². The number of benzene rings is 3. The molecule has 3 aliphatic rings. The fourth-order valence-electron chi connectivity index (χ4n) is 6.70. The third kappa shape index (κ3) is 7.56. The third-order valence-electron chi connectivity index (χ3n) is 9.14. The highest BCUT2D eigenvalue weighted by Crippen LogP contribution is 2.30. The van der Waals surface area contributed by atoms with Crippen molar-refractivity contribution in [2.75, 3.05) is 23.7 Å². The van der Waals surface area contributed by atoms with Crippen molar-refractivity contribution < 1.29 is 23.9 Å². The summed E-state index contributed by atoms with van der Waals surface area (Å²) in [6.45, 7) is 9.54. The van der Waals surface area contributed by atoms with Gasteiger partial charge in [0.25, 0.3) is 0 Å². The first-order chi connectivity index (χ1) is 22.9. The Labute approximate surface area is 281 Å². The van der Waals surface area contributed by atoms with Crippen LogP contribution >= 0.6 is 0 Å². The average molecular weight is 653 g/mol. The molecule has 0 saturated carbocycles. The number of aryl methyl sites for hydroxylation is 1. The van der Waals surface area contributed by atoms with Crippen LogP contribution < -0.4 is 16.0 Å². The minimum absolute atomic E-state index is 0.0154. The number of rotatable bonds is 5. The number of hydrogen-bond acceptors (Lipinski definition) is 5. The first kappa shape index (κ1) is 32.9. The van der Waals surface area contributed by atoms with Crippen LogP contribution in [0.1, 0.15) is 61.4 Å². The summed E-state index contributed by atoms with van der Waals surface area (Å²) in [6, 6.07) is 20.3. The van der Waals surface area contributed by atoms with Gasteiger partial charge in [0.15, 0.2) is 0 Å². The number of carbonyl (C=O) groups is 4. The first-order valence-corrected chi connectivity index (χ1v) is 16.6. The van der Waals surface area contributed by atoms with Gasteiger partial charge < -0.3 is 30.1 Å². The van der Waals surface area contributed by atoms with Gasteiger partial charge in [-0.1, -0.05) is 54.6 Å². The van der Waals surface area contributed by atoms with Crippen LogP contribution in [0.4, 0.5) is 25.8 Å². The van der Waals surface area contributed by atoms with E-state index in [-0.39, 0.29) is 24.0 Å². The van der Waals surface area contributed by atoms with E-state index in [9.17, 15) is 19.2 Å². The summed E-state index contributed by atoms with van der Waals surface area (Å²) >= 11 is 0. The Morgan fingerprint density at radius 1 is 0.917 bits per heavy atom. The molecule has 0 aromatic heterocycles. The standard InChI is InChI=1S/C37H44N6O5/c1-24-18-27-19-32(39-34(45)41-16-14-29(15-17-41)43-23-26-12-8-9-13-30(26)38-35(43)46)33(44)42(21-25-10-6-5-7-11-25)22-28(27)20-31(24)40-36(47)48-37(2,3)4/h5-13,18,20,29,32H,14-17,19,21-23H2,1-4H3,(H,38,46)(H,39,45)(H,40,47). The highest BCUT2D eigenvalue weighted by molar-refractivity contribution is 5.92. The third-order valence-corrected chi connectivity index (χ3v) is 9.14. The molecule has 3 aromatic carbocycles. The van der Waals surface area contributed by atoms with Gasteiger partial charge in [-0.05, 0) is 80.5 Å². The second-order valence-corrected chi connectivity index (χ2v) is 13.9. The van der Waals surface area contributed by atoms with Gasteiger partial charge in [0.05, 0.1) is 0 Å². The number of ether oxygens (including phenoxy) is 1. The van der Waals surface area contributed by atoms with Crippen LogP contribution in [0.2, 0.25) is 0 Å². The van der Waals surface area contributed by atoms with Crippen LogP contribution in [0, 0.1) is 6.92 Å². The molecule has 11 nitrogen and oxygen atoms in total. The van der Waals surface area contributed by atoms with E-state index in [1.165, 1.54) is 0 Å². The molecule has 0 radical (unpaired) electrons. The fraction of sp³-hybridized carbons (Fsp3) is 0.405. The summed E-state index contributed by atoms with van der Waals surface area (Å²) in [5, 5.41) is 8.91. The van der Waals surface area contributed by atoms with Crippen molar-refractivity contribution in [3.63, 3.8) is 0 Å². The summed E-state index contributed by atoms with van der Waals surface area (Å²) < 4.78 is 5.47. The van der Waals surface area contributed by atoms with Crippen LogP contribution in [-0.2, 0) is 35.6 Å². The molecule has 3 N–H and O–H groups in total. The Bertz CT molecular complexity index is 1700. The second-order valence-electron chi connectivity index (χ2n) is 13.9. The molecule has 252 valence electrons. The molecule has 0 spiro atoms. The monoisotopic (exact) mass is 652 g/mol. The van der Waals surface area contributed by atoms with E-state index in [0.717, 1.165) is 33.5 Å². The number of nitrogens with one attached hydrogen (secondary N) is 3. The predicted octanol–water partition coefficient (Wildman–Crippen LogP) is 6.02. The zero-order chi connectivity index (χ0) is 34.0. The number of piperidine rings is 1. The zero-order valence-electron chi connectivity index (χ0n) is 28.0. The maximum atomic E-state index is 14.1. The minimum Gasteiger partial charge on any atom is -0.444 e. The van der Waals surface area contributed by atoms with Crippen molar-refractivity contribution in [3.8, 4) is 0 Å². The number of hydrogen-bond donors (Lipinski definition) is 3. The molecular formula is C37H44N6O5. The Morgan fingerprint density at radius 2 is 1.62 bits per heavy atom. The smallest absolute Gasteiger partial charge is 0.412 e. The summed E-state index contributed by atoms with van der Waals surface area (Å²) in [5.41, 5.74) is 5.54. The first-order valence-electron chi connectivity index (χ1n) is 16.6. The maximum absolute atomic E-state index is 14.1. The van der Waals surface area contributed by atoms with E-state index in [0.29, 0.717) is 57.7 Å². The lowest BCUT2D eigenvalue weighted by Crippen LogP contribution is -2.55. The highest BCUT2D eigenvalue weighted by atomic mass is 16.6. The highest BCUT2D eigenvalue weighted by Gasteiger charge is 2.36. The molecular weight excluding hydrogens is 608 g/mol. The Hall–Kier alpha value is -5.06. The lowest BCUT2D eigenvalue weighted by atomic mass is 9.98. The van der Waals surface area contributed by atoms with Gasteiger partial charge in [-0.2, -0.15) is 0 Å². The van der Waals surface area contributed by atoms with Gasteiger partial charge in [0.2, 0.25) is 5.91 Å². The second kappa shape index (κ2) is 13.6. The van der Waals surface area contributed by atoms with E-state index in [1.54, 1.807) is 9.80 Å².